The number of nitrogens with one attached hydrogen (secondary N) is 2. The quantitative estimate of drug-likeness (QED) is 0.332. The van der Waals surface area contributed by atoms with Crippen molar-refractivity contribution in [3.63, 3.8) is 0 Å². The lowest BCUT2D eigenvalue weighted by atomic mass is 9.98. The second-order valence-corrected chi connectivity index (χ2v) is 8.53. The zero-order valence-corrected chi connectivity index (χ0v) is 18.4. The van der Waals surface area contributed by atoms with Gasteiger partial charge < -0.3 is 25.3 Å². The molecule has 4 aromatic rings. The summed E-state index contributed by atoms with van der Waals surface area (Å²) in [6.45, 7) is 0.00549. The van der Waals surface area contributed by atoms with Crippen molar-refractivity contribution in [2.45, 2.75) is 18.1 Å². The predicted octanol–water partition coefficient (Wildman–Crippen LogP) is 4.75. The average molecular weight is 463 g/mol. The number of fused-ring (bicyclic) bond motifs is 4. The minimum Gasteiger partial charge on any atom is -0.449 e. The number of hydrogen-bond acceptors (Lipinski definition) is 4. The lowest BCUT2D eigenvalue weighted by Crippen LogP contribution is -2.36. The predicted molar refractivity (Wildman–Crippen MR) is 127 cm³/mol. The molecule has 0 fully saturated rings. The number of aromatic nitrogens is 1. The van der Waals surface area contributed by atoms with Crippen LogP contribution < -0.4 is 5.32 Å². The van der Waals surface area contributed by atoms with E-state index in [1.54, 1.807) is 18.3 Å². The number of carbonyl (C=O) groups excluding carboxylic acids is 1. The number of amides is 1. The molecule has 0 radical (unpaired) electrons. The van der Waals surface area contributed by atoms with Gasteiger partial charge in [-0.1, -0.05) is 66.2 Å². The fourth-order valence-electron chi connectivity index (χ4n) is 4.55. The number of aliphatic hydroxyl groups is 2. The lowest BCUT2D eigenvalue weighted by Gasteiger charge is -2.19. The molecule has 1 aliphatic carbocycles. The number of alkyl carbamates (subject to hydrolysis) is 1. The Hall–Kier alpha value is -3.32. The molecule has 2 unspecified atom stereocenters. The van der Waals surface area contributed by atoms with Gasteiger partial charge in [0.25, 0.3) is 0 Å². The topological polar surface area (TPSA) is 94.6 Å². The SMILES string of the molecule is O=C(NCC(O)C(O)c1c[nH]c2cccc(Cl)c12)OCC1c2ccccc2-c2ccccc21. The lowest BCUT2D eigenvalue weighted by molar-refractivity contribution is 0.0194. The third kappa shape index (κ3) is 3.97. The zero-order valence-electron chi connectivity index (χ0n) is 17.7. The molecule has 1 heterocycles. The van der Waals surface area contributed by atoms with Gasteiger partial charge in [0.1, 0.15) is 18.8 Å². The fourth-order valence-corrected chi connectivity index (χ4v) is 4.84. The van der Waals surface area contributed by atoms with Gasteiger partial charge >= 0.3 is 6.09 Å². The van der Waals surface area contributed by atoms with E-state index < -0.39 is 18.3 Å². The molecule has 6 nitrogen and oxygen atoms in total. The Balaban J connectivity index is 1.21. The summed E-state index contributed by atoms with van der Waals surface area (Å²) in [6, 6.07) is 21.5. The number of halogens is 1. The summed E-state index contributed by atoms with van der Waals surface area (Å²) >= 11 is 6.25. The highest BCUT2D eigenvalue weighted by Gasteiger charge is 2.29. The molecule has 168 valence electrons. The first kappa shape index (κ1) is 21.5. The molecular weight excluding hydrogens is 440 g/mol. The largest absolute Gasteiger partial charge is 0.449 e. The Morgan fingerprint density at radius 3 is 2.36 bits per heavy atom. The van der Waals surface area contributed by atoms with Gasteiger partial charge in [-0.15, -0.1) is 0 Å². The van der Waals surface area contributed by atoms with E-state index in [-0.39, 0.29) is 19.1 Å². The van der Waals surface area contributed by atoms with Crippen LogP contribution in [0.2, 0.25) is 5.02 Å². The monoisotopic (exact) mass is 462 g/mol. The fraction of sp³-hybridized carbons (Fsp3) is 0.192. The summed E-state index contributed by atoms with van der Waals surface area (Å²) < 4.78 is 5.48. The smallest absolute Gasteiger partial charge is 0.407 e. The van der Waals surface area contributed by atoms with E-state index in [1.165, 1.54) is 0 Å². The van der Waals surface area contributed by atoms with Crippen LogP contribution in [-0.4, -0.2) is 40.5 Å². The number of rotatable bonds is 6. The number of hydrogen-bond donors (Lipinski definition) is 4. The number of benzene rings is 3. The van der Waals surface area contributed by atoms with E-state index in [9.17, 15) is 15.0 Å². The van der Waals surface area contributed by atoms with Gasteiger partial charge in [-0.2, -0.15) is 0 Å². The first-order chi connectivity index (χ1) is 16.0. The van der Waals surface area contributed by atoms with Gasteiger partial charge in [0.15, 0.2) is 0 Å². The molecule has 7 heteroatoms. The van der Waals surface area contributed by atoms with Gasteiger partial charge in [-0.25, -0.2) is 4.79 Å². The van der Waals surface area contributed by atoms with Gasteiger partial charge in [0, 0.05) is 35.1 Å². The third-order valence-corrected chi connectivity index (χ3v) is 6.48. The molecule has 5 rings (SSSR count). The van der Waals surface area contributed by atoms with Crippen LogP contribution in [-0.2, 0) is 4.74 Å². The van der Waals surface area contributed by atoms with Crippen LogP contribution in [0.4, 0.5) is 4.79 Å². The highest BCUT2D eigenvalue weighted by molar-refractivity contribution is 6.35. The Labute approximate surface area is 195 Å². The van der Waals surface area contributed by atoms with Crippen molar-refractivity contribution in [1.29, 1.82) is 0 Å². The number of aromatic amines is 1. The van der Waals surface area contributed by atoms with Crippen LogP contribution in [0.1, 0.15) is 28.7 Å². The van der Waals surface area contributed by atoms with Crippen molar-refractivity contribution < 1.29 is 19.7 Å². The van der Waals surface area contributed by atoms with E-state index in [0.29, 0.717) is 16.0 Å². The molecule has 1 aliphatic rings. The van der Waals surface area contributed by atoms with Crippen LogP contribution in [0.15, 0.2) is 72.9 Å². The van der Waals surface area contributed by atoms with Crippen molar-refractivity contribution >= 4 is 28.6 Å². The minimum absolute atomic E-state index is 0.0490. The average Bonchev–Trinajstić information content (AvgIpc) is 3.41. The highest BCUT2D eigenvalue weighted by atomic mass is 35.5. The van der Waals surface area contributed by atoms with E-state index in [1.807, 2.05) is 42.5 Å². The minimum atomic E-state index is -1.24. The molecule has 33 heavy (non-hydrogen) atoms. The second-order valence-electron chi connectivity index (χ2n) is 8.13. The van der Waals surface area contributed by atoms with Crippen molar-refractivity contribution in [1.82, 2.24) is 10.3 Å². The van der Waals surface area contributed by atoms with Gasteiger partial charge in [0.05, 0.1) is 5.02 Å². The van der Waals surface area contributed by atoms with Crippen LogP contribution >= 0.6 is 11.6 Å². The number of ether oxygens (including phenoxy) is 1. The van der Waals surface area contributed by atoms with Crippen LogP contribution in [0.3, 0.4) is 0 Å². The van der Waals surface area contributed by atoms with Crippen molar-refractivity contribution in [3.05, 3.63) is 94.6 Å². The summed E-state index contributed by atoms with van der Waals surface area (Å²) in [4.78, 5) is 15.4. The van der Waals surface area contributed by atoms with Gasteiger partial charge in [-0.05, 0) is 34.4 Å². The summed E-state index contributed by atoms with van der Waals surface area (Å²) in [6.07, 6.45) is -1.51. The molecule has 0 saturated carbocycles. The maximum absolute atomic E-state index is 12.4. The molecule has 4 N–H and O–H groups in total. The van der Waals surface area contributed by atoms with Crippen molar-refractivity contribution in [2.24, 2.45) is 0 Å². The molecule has 1 aromatic heterocycles. The molecule has 0 aliphatic heterocycles. The van der Waals surface area contributed by atoms with Crippen LogP contribution in [0, 0.1) is 0 Å². The van der Waals surface area contributed by atoms with Gasteiger partial charge in [0.2, 0.25) is 0 Å². The highest BCUT2D eigenvalue weighted by Crippen LogP contribution is 2.44. The van der Waals surface area contributed by atoms with E-state index in [2.05, 4.69) is 22.4 Å². The third-order valence-electron chi connectivity index (χ3n) is 6.17. The summed E-state index contributed by atoms with van der Waals surface area (Å²) in [5.74, 6) is -0.0490. The maximum Gasteiger partial charge on any atom is 0.407 e. The molecular formula is C26H23ClN2O4. The van der Waals surface area contributed by atoms with E-state index in [0.717, 1.165) is 27.8 Å². The number of carbonyl (C=O) groups is 1. The molecule has 1 amide bonds. The first-order valence-electron chi connectivity index (χ1n) is 10.7. The first-order valence-corrected chi connectivity index (χ1v) is 11.1. The molecule has 2 atom stereocenters. The Morgan fingerprint density at radius 1 is 1.00 bits per heavy atom. The van der Waals surface area contributed by atoms with Crippen LogP contribution in [0.25, 0.3) is 22.0 Å². The summed E-state index contributed by atoms with van der Waals surface area (Å²) in [5, 5.41) is 24.7. The molecule has 3 aromatic carbocycles. The maximum atomic E-state index is 12.4. The van der Waals surface area contributed by atoms with Gasteiger partial charge in [-0.3, -0.25) is 0 Å². The number of H-pyrrole nitrogens is 1. The molecule has 0 bridgehead atoms. The van der Waals surface area contributed by atoms with Crippen LogP contribution in [0.5, 0.6) is 0 Å². The van der Waals surface area contributed by atoms with Crippen molar-refractivity contribution in [2.75, 3.05) is 13.2 Å². The standard InChI is InChI=1S/C26H23ClN2O4/c27-21-10-5-11-22-24(21)19(12-28-22)25(31)23(30)13-29-26(32)33-14-20-17-8-3-1-6-15(17)16-7-2-4-9-18(16)20/h1-12,20,23,25,28,30-31H,13-14H2,(H,29,32). The number of aliphatic hydroxyl groups excluding tert-OH is 2. The van der Waals surface area contributed by atoms with Crippen molar-refractivity contribution in [3.8, 4) is 11.1 Å². The second kappa shape index (κ2) is 8.90. The summed E-state index contributed by atoms with van der Waals surface area (Å²) in [7, 11) is 0. The Bertz CT molecular complexity index is 1270. The summed E-state index contributed by atoms with van der Waals surface area (Å²) in [5.41, 5.74) is 5.78. The van der Waals surface area contributed by atoms with E-state index in [4.69, 9.17) is 16.3 Å². The Morgan fingerprint density at radius 2 is 1.67 bits per heavy atom. The molecule has 0 spiro atoms. The normalized spacial score (nSPS) is 14.5. The zero-order chi connectivity index (χ0) is 22.9. The Kier molecular flexibility index (Phi) is 5.81. The van der Waals surface area contributed by atoms with E-state index >= 15 is 0 Å². The molecule has 0 saturated heterocycles.